The topological polar surface area (TPSA) is 64.3 Å². The van der Waals surface area contributed by atoms with E-state index in [4.69, 9.17) is 10.4 Å². The van der Waals surface area contributed by atoms with Crippen LogP contribution in [0.5, 0.6) is 0 Å². The molecule has 1 unspecified atom stereocenters. The van der Waals surface area contributed by atoms with Gasteiger partial charge in [0.05, 0.1) is 12.6 Å². The zero-order valence-corrected chi connectivity index (χ0v) is 9.03. The molecule has 1 atom stereocenters. The number of rotatable bonds is 6. The molecule has 0 aromatic rings. The van der Waals surface area contributed by atoms with E-state index < -0.39 is 12.0 Å². The number of carboxylic acid groups (broad SMARTS) is 1. The molecular formula is C10H18N2O2. The Morgan fingerprint density at radius 1 is 1.57 bits per heavy atom. The Hall–Kier alpha value is -1.08. The fraction of sp³-hybridized carbons (Fsp3) is 0.800. The second-order valence-corrected chi connectivity index (χ2v) is 3.57. The summed E-state index contributed by atoms with van der Waals surface area (Å²) >= 11 is 0. The van der Waals surface area contributed by atoms with E-state index in [1.54, 1.807) is 4.90 Å². The van der Waals surface area contributed by atoms with Gasteiger partial charge >= 0.3 is 5.97 Å². The Morgan fingerprint density at radius 3 is 2.43 bits per heavy atom. The third-order valence-corrected chi connectivity index (χ3v) is 2.16. The van der Waals surface area contributed by atoms with Gasteiger partial charge in [-0.05, 0) is 20.3 Å². The Labute approximate surface area is 85.1 Å². The standard InChI is InChI=1S/C10H18N2O2/c1-4-5-9(10(13)14)12(7-6-11)8(2)3/h8-9H,4-5,7H2,1-3H3,(H,13,14). The number of nitriles is 1. The molecule has 0 aliphatic carbocycles. The molecule has 80 valence electrons. The first-order valence-electron chi connectivity index (χ1n) is 4.90. The van der Waals surface area contributed by atoms with Crippen LogP contribution in [0.2, 0.25) is 0 Å². The van der Waals surface area contributed by atoms with Crippen LogP contribution in [-0.2, 0) is 4.79 Å². The fourth-order valence-electron chi connectivity index (χ4n) is 1.44. The summed E-state index contributed by atoms with van der Waals surface area (Å²) in [5.74, 6) is -0.837. The molecule has 4 nitrogen and oxygen atoms in total. The minimum atomic E-state index is -0.837. The van der Waals surface area contributed by atoms with Crippen molar-refractivity contribution in [3.05, 3.63) is 0 Å². The molecule has 0 saturated carbocycles. The highest BCUT2D eigenvalue weighted by Crippen LogP contribution is 2.10. The van der Waals surface area contributed by atoms with Crippen LogP contribution in [0.15, 0.2) is 0 Å². The third kappa shape index (κ3) is 3.75. The number of carboxylic acids is 1. The van der Waals surface area contributed by atoms with Gasteiger partial charge in [-0.3, -0.25) is 9.69 Å². The van der Waals surface area contributed by atoms with Crippen molar-refractivity contribution in [1.29, 1.82) is 5.26 Å². The van der Waals surface area contributed by atoms with Crippen molar-refractivity contribution in [2.45, 2.75) is 45.7 Å². The second kappa shape index (κ2) is 6.39. The van der Waals surface area contributed by atoms with Crippen molar-refractivity contribution in [3.8, 4) is 6.07 Å². The first-order chi connectivity index (χ1) is 6.54. The van der Waals surface area contributed by atoms with Crippen molar-refractivity contribution >= 4 is 5.97 Å². The predicted molar refractivity (Wildman–Crippen MR) is 53.8 cm³/mol. The van der Waals surface area contributed by atoms with Crippen LogP contribution < -0.4 is 0 Å². The van der Waals surface area contributed by atoms with Gasteiger partial charge in [0, 0.05) is 6.04 Å². The number of nitrogens with zero attached hydrogens (tertiary/aromatic N) is 2. The Bertz CT molecular complexity index is 221. The van der Waals surface area contributed by atoms with Gasteiger partial charge in [0.25, 0.3) is 0 Å². The minimum absolute atomic E-state index is 0.0855. The first kappa shape index (κ1) is 12.9. The molecular weight excluding hydrogens is 180 g/mol. The van der Waals surface area contributed by atoms with Gasteiger partial charge in [0.2, 0.25) is 0 Å². The molecule has 0 amide bonds. The Morgan fingerprint density at radius 2 is 2.14 bits per heavy atom. The van der Waals surface area contributed by atoms with Crippen LogP contribution in [-0.4, -0.2) is 34.6 Å². The molecule has 0 heterocycles. The lowest BCUT2D eigenvalue weighted by atomic mass is 10.1. The molecule has 0 bridgehead atoms. The Kier molecular flexibility index (Phi) is 5.89. The maximum Gasteiger partial charge on any atom is 0.320 e. The summed E-state index contributed by atoms with van der Waals surface area (Å²) in [5.41, 5.74) is 0. The summed E-state index contributed by atoms with van der Waals surface area (Å²) in [7, 11) is 0. The number of hydrogen-bond acceptors (Lipinski definition) is 3. The SMILES string of the molecule is CCCC(C(=O)O)N(CC#N)C(C)C. The van der Waals surface area contributed by atoms with Gasteiger partial charge in [-0.2, -0.15) is 5.26 Å². The van der Waals surface area contributed by atoms with Crippen molar-refractivity contribution in [3.63, 3.8) is 0 Å². The quantitative estimate of drug-likeness (QED) is 0.656. The summed E-state index contributed by atoms with van der Waals surface area (Å²) in [6, 6.07) is 1.56. The van der Waals surface area contributed by atoms with Crippen molar-refractivity contribution in [2.75, 3.05) is 6.54 Å². The average Bonchev–Trinajstić information content (AvgIpc) is 2.10. The zero-order chi connectivity index (χ0) is 11.1. The van der Waals surface area contributed by atoms with Crippen LogP contribution in [0.1, 0.15) is 33.6 Å². The maximum absolute atomic E-state index is 11.0. The first-order valence-corrected chi connectivity index (χ1v) is 4.90. The lowest BCUT2D eigenvalue weighted by molar-refractivity contribution is -0.144. The molecule has 0 aromatic carbocycles. The molecule has 1 N–H and O–H groups in total. The number of hydrogen-bond donors (Lipinski definition) is 1. The fourth-order valence-corrected chi connectivity index (χ4v) is 1.44. The summed E-state index contributed by atoms with van der Waals surface area (Å²) in [5, 5.41) is 17.6. The molecule has 4 heteroatoms. The van der Waals surface area contributed by atoms with E-state index in [9.17, 15) is 4.79 Å². The summed E-state index contributed by atoms with van der Waals surface area (Å²) in [4.78, 5) is 12.7. The number of carbonyl (C=O) groups is 1. The highest BCUT2D eigenvalue weighted by atomic mass is 16.4. The van der Waals surface area contributed by atoms with Crippen molar-refractivity contribution in [1.82, 2.24) is 4.90 Å². The van der Waals surface area contributed by atoms with E-state index in [0.717, 1.165) is 6.42 Å². The third-order valence-electron chi connectivity index (χ3n) is 2.16. The molecule has 0 saturated heterocycles. The van der Waals surface area contributed by atoms with Gasteiger partial charge < -0.3 is 5.11 Å². The molecule has 14 heavy (non-hydrogen) atoms. The highest BCUT2D eigenvalue weighted by molar-refractivity contribution is 5.73. The van der Waals surface area contributed by atoms with E-state index in [-0.39, 0.29) is 12.6 Å². The van der Waals surface area contributed by atoms with Crippen LogP contribution in [0, 0.1) is 11.3 Å². The van der Waals surface area contributed by atoms with Crippen LogP contribution in [0.4, 0.5) is 0 Å². The molecule has 0 rings (SSSR count). The van der Waals surface area contributed by atoms with E-state index in [1.165, 1.54) is 0 Å². The highest BCUT2D eigenvalue weighted by Gasteiger charge is 2.26. The molecule has 0 spiro atoms. The van der Waals surface area contributed by atoms with Crippen LogP contribution >= 0.6 is 0 Å². The molecule has 0 aromatic heterocycles. The molecule has 0 fully saturated rings. The van der Waals surface area contributed by atoms with Crippen LogP contribution in [0.3, 0.4) is 0 Å². The monoisotopic (exact) mass is 198 g/mol. The average molecular weight is 198 g/mol. The van der Waals surface area contributed by atoms with Gasteiger partial charge in [-0.15, -0.1) is 0 Å². The van der Waals surface area contributed by atoms with E-state index in [1.807, 2.05) is 26.8 Å². The van der Waals surface area contributed by atoms with Gasteiger partial charge in [0.15, 0.2) is 0 Å². The number of aliphatic carboxylic acids is 1. The molecule has 0 aliphatic heterocycles. The lowest BCUT2D eigenvalue weighted by Crippen LogP contribution is -2.45. The smallest absolute Gasteiger partial charge is 0.320 e. The lowest BCUT2D eigenvalue weighted by Gasteiger charge is -2.29. The van der Waals surface area contributed by atoms with Gasteiger partial charge in [-0.25, -0.2) is 0 Å². The van der Waals surface area contributed by atoms with Crippen LogP contribution in [0.25, 0.3) is 0 Å². The normalized spacial score (nSPS) is 12.9. The summed E-state index contributed by atoms with van der Waals surface area (Å²) in [6.07, 6.45) is 1.40. The summed E-state index contributed by atoms with van der Waals surface area (Å²) < 4.78 is 0. The van der Waals surface area contributed by atoms with E-state index >= 15 is 0 Å². The van der Waals surface area contributed by atoms with E-state index in [0.29, 0.717) is 6.42 Å². The zero-order valence-electron chi connectivity index (χ0n) is 9.03. The summed E-state index contributed by atoms with van der Waals surface area (Å²) in [6.45, 7) is 5.93. The second-order valence-electron chi connectivity index (χ2n) is 3.57. The Balaban J connectivity index is 4.56. The van der Waals surface area contributed by atoms with Gasteiger partial charge in [0.1, 0.15) is 6.04 Å². The van der Waals surface area contributed by atoms with Crippen molar-refractivity contribution in [2.24, 2.45) is 0 Å². The van der Waals surface area contributed by atoms with Gasteiger partial charge in [-0.1, -0.05) is 13.3 Å². The minimum Gasteiger partial charge on any atom is -0.480 e. The van der Waals surface area contributed by atoms with Crippen molar-refractivity contribution < 1.29 is 9.90 Å². The maximum atomic E-state index is 11.0. The van der Waals surface area contributed by atoms with E-state index in [2.05, 4.69) is 0 Å². The predicted octanol–water partition coefficient (Wildman–Crippen LogP) is 1.47. The largest absolute Gasteiger partial charge is 0.480 e. The molecule has 0 aliphatic rings. The molecule has 0 radical (unpaired) electrons.